The highest BCUT2D eigenvalue weighted by Crippen LogP contribution is 2.29. The molecule has 0 aliphatic rings. The van der Waals surface area contributed by atoms with Crippen LogP contribution in [0.15, 0.2) is 18.2 Å². The molecule has 1 rings (SSSR count). The monoisotopic (exact) mass is 275 g/mol. The van der Waals surface area contributed by atoms with Gasteiger partial charge in [0.2, 0.25) is 0 Å². The Morgan fingerprint density at radius 3 is 2.33 bits per heavy atom. The number of rotatable bonds is 5. The summed E-state index contributed by atoms with van der Waals surface area (Å²) < 4.78 is 0. The SMILES string of the molecule is CC(C)CC[C@@H](O)[C@@H](N)c1cc(O)ccc1O.Cl. The maximum absolute atomic E-state index is 9.92. The van der Waals surface area contributed by atoms with E-state index in [9.17, 15) is 15.3 Å². The van der Waals surface area contributed by atoms with E-state index in [2.05, 4.69) is 13.8 Å². The summed E-state index contributed by atoms with van der Waals surface area (Å²) in [5.74, 6) is 0.526. The smallest absolute Gasteiger partial charge is 0.120 e. The van der Waals surface area contributed by atoms with Gasteiger partial charge in [-0.1, -0.05) is 13.8 Å². The minimum Gasteiger partial charge on any atom is -0.508 e. The number of halogens is 1. The van der Waals surface area contributed by atoms with Gasteiger partial charge in [-0.05, 0) is 37.0 Å². The Balaban J connectivity index is 0.00000289. The summed E-state index contributed by atoms with van der Waals surface area (Å²) in [6.45, 7) is 4.15. The van der Waals surface area contributed by atoms with Crippen LogP contribution in [0.2, 0.25) is 0 Å². The van der Waals surface area contributed by atoms with Crippen molar-refractivity contribution in [3.63, 3.8) is 0 Å². The maximum atomic E-state index is 9.92. The minimum absolute atomic E-state index is 0. The van der Waals surface area contributed by atoms with Gasteiger partial charge in [0.1, 0.15) is 11.5 Å². The lowest BCUT2D eigenvalue weighted by molar-refractivity contribution is 0.127. The molecule has 0 aliphatic carbocycles. The van der Waals surface area contributed by atoms with Gasteiger partial charge < -0.3 is 21.1 Å². The fraction of sp³-hybridized carbons (Fsp3) is 0.538. The highest BCUT2D eigenvalue weighted by Gasteiger charge is 2.20. The molecule has 18 heavy (non-hydrogen) atoms. The molecule has 1 aromatic rings. The van der Waals surface area contributed by atoms with Gasteiger partial charge in [-0.2, -0.15) is 0 Å². The molecule has 5 N–H and O–H groups in total. The Morgan fingerprint density at radius 1 is 1.17 bits per heavy atom. The Hall–Kier alpha value is -0.970. The number of hydrogen-bond donors (Lipinski definition) is 4. The fourth-order valence-electron chi connectivity index (χ4n) is 1.70. The highest BCUT2D eigenvalue weighted by molar-refractivity contribution is 5.85. The third-order valence-electron chi connectivity index (χ3n) is 2.82. The normalized spacial score (nSPS) is 14.1. The number of aliphatic hydroxyl groups is 1. The first kappa shape index (κ1) is 17.0. The van der Waals surface area contributed by atoms with Crippen molar-refractivity contribution in [2.45, 2.75) is 38.8 Å². The molecular formula is C13H22ClNO3. The van der Waals surface area contributed by atoms with Crippen LogP contribution in [-0.2, 0) is 0 Å². The van der Waals surface area contributed by atoms with Crippen molar-refractivity contribution in [1.29, 1.82) is 0 Å². The first-order valence-corrected chi connectivity index (χ1v) is 5.87. The van der Waals surface area contributed by atoms with Crippen molar-refractivity contribution in [3.05, 3.63) is 23.8 Å². The van der Waals surface area contributed by atoms with Crippen LogP contribution in [0.1, 0.15) is 38.3 Å². The van der Waals surface area contributed by atoms with Crippen molar-refractivity contribution in [3.8, 4) is 11.5 Å². The number of phenols is 2. The van der Waals surface area contributed by atoms with Gasteiger partial charge in [-0.15, -0.1) is 12.4 Å². The third-order valence-corrected chi connectivity index (χ3v) is 2.82. The number of hydrogen-bond acceptors (Lipinski definition) is 4. The molecule has 0 amide bonds. The summed E-state index contributed by atoms with van der Waals surface area (Å²) >= 11 is 0. The summed E-state index contributed by atoms with van der Waals surface area (Å²) in [6, 6.07) is 3.46. The van der Waals surface area contributed by atoms with Crippen LogP contribution in [0.25, 0.3) is 0 Å². The summed E-state index contributed by atoms with van der Waals surface area (Å²) in [7, 11) is 0. The molecule has 0 aromatic heterocycles. The van der Waals surface area contributed by atoms with E-state index in [4.69, 9.17) is 5.73 Å². The standard InChI is InChI=1S/C13H21NO3.ClH/c1-8(2)3-5-12(17)13(14)10-7-9(15)4-6-11(10)16;/h4,6-8,12-13,15-17H,3,5,14H2,1-2H3;1H/t12-,13+;/m1./s1. The van der Waals surface area contributed by atoms with E-state index in [0.29, 0.717) is 17.9 Å². The lowest BCUT2D eigenvalue weighted by atomic mass is 9.95. The summed E-state index contributed by atoms with van der Waals surface area (Å²) in [6.07, 6.45) is 0.729. The Morgan fingerprint density at radius 2 is 1.78 bits per heavy atom. The predicted molar refractivity (Wildman–Crippen MR) is 74.0 cm³/mol. The van der Waals surface area contributed by atoms with Gasteiger partial charge in [0.15, 0.2) is 0 Å². The molecule has 4 nitrogen and oxygen atoms in total. The van der Waals surface area contributed by atoms with Crippen LogP contribution >= 0.6 is 12.4 Å². The van der Waals surface area contributed by atoms with Crippen LogP contribution in [0.5, 0.6) is 11.5 Å². The summed E-state index contributed by atoms with van der Waals surface area (Å²) in [4.78, 5) is 0. The lowest BCUT2D eigenvalue weighted by Gasteiger charge is -2.21. The number of benzene rings is 1. The summed E-state index contributed by atoms with van der Waals surface area (Å²) in [5, 5.41) is 28.9. The largest absolute Gasteiger partial charge is 0.508 e. The van der Waals surface area contributed by atoms with Crippen LogP contribution < -0.4 is 5.73 Å². The molecule has 0 spiro atoms. The van der Waals surface area contributed by atoms with Crippen molar-refractivity contribution < 1.29 is 15.3 Å². The molecule has 0 saturated carbocycles. The number of nitrogens with two attached hydrogens (primary N) is 1. The van der Waals surface area contributed by atoms with Gasteiger partial charge in [-0.3, -0.25) is 0 Å². The fourth-order valence-corrected chi connectivity index (χ4v) is 1.70. The number of phenolic OH excluding ortho intramolecular Hbond substituents is 2. The van der Waals surface area contributed by atoms with E-state index >= 15 is 0 Å². The molecule has 5 heteroatoms. The zero-order valence-corrected chi connectivity index (χ0v) is 11.5. The van der Waals surface area contributed by atoms with Crippen LogP contribution in [0.3, 0.4) is 0 Å². The molecule has 0 radical (unpaired) electrons. The second-order valence-electron chi connectivity index (χ2n) is 4.81. The molecule has 0 unspecified atom stereocenters. The molecule has 0 heterocycles. The minimum atomic E-state index is -0.718. The molecule has 0 bridgehead atoms. The molecule has 0 saturated heterocycles. The molecule has 0 aliphatic heterocycles. The Bertz CT molecular complexity index is 371. The number of aromatic hydroxyl groups is 2. The van der Waals surface area contributed by atoms with E-state index in [0.717, 1.165) is 6.42 Å². The van der Waals surface area contributed by atoms with Crippen molar-refractivity contribution in [2.75, 3.05) is 0 Å². The average Bonchev–Trinajstić information content (AvgIpc) is 2.28. The zero-order valence-electron chi connectivity index (χ0n) is 10.7. The van der Waals surface area contributed by atoms with Crippen molar-refractivity contribution >= 4 is 12.4 Å². The first-order chi connectivity index (χ1) is 7.91. The second kappa shape index (κ2) is 7.46. The third kappa shape index (κ3) is 4.72. The van der Waals surface area contributed by atoms with Crippen LogP contribution in [0.4, 0.5) is 0 Å². The average molecular weight is 276 g/mol. The first-order valence-electron chi connectivity index (χ1n) is 5.87. The topological polar surface area (TPSA) is 86.7 Å². The lowest BCUT2D eigenvalue weighted by Crippen LogP contribution is -2.26. The molecule has 0 fully saturated rings. The second-order valence-corrected chi connectivity index (χ2v) is 4.81. The predicted octanol–water partition coefficient (Wildman–Crippen LogP) is 2.32. The van der Waals surface area contributed by atoms with Gasteiger partial charge in [0, 0.05) is 5.56 Å². The van der Waals surface area contributed by atoms with E-state index in [1.807, 2.05) is 0 Å². The summed E-state index contributed by atoms with van der Waals surface area (Å²) in [5.41, 5.74) is 6.25. The van der Waals surface area contributed by atoms with Gasteiger partial charge >= 0.3 is 0 Å². The quantitative estimate of drug-likeness (QED) is 0.621. The van der Waals surface area contributed by atoms with Crippen LogP contribution in [-0.4, -0.2) is 21.4 Å². The van der Waals surface area contributed by atoms with Crippen molar-refractivity contribution in [1.82, 2.24) is 0 Å². The van der Waals surface area contributed by atoms with E-state index < -0.39 is 12.1 Å². The zero-order chi connectivity index (χ0) is 13.0. The molecule has 104 valence electrons. The Labute approximate surface area is 114 Å². The van der Waals surface area contributed by atoms with Gasteiger partial charge in [-0.25, -0.2) is 0 Å². The van der Waals surface area contributed by atoms with Gasteiger partial charge in [0.25, 0.3) is 0 Å². The maximum Gasteiger partial charge on any atom is 0.120 e. The molecular weight excluding hydrogens is 254 g/mol. The van der Waals surface area contributed by atoms with E-state index in [1.54, 1.807) is 0 Å². The molecule has 2 atom stereocenters. The Kier molecular flexibility index (Phi) is 7.06. The van der Waals surface area contributed by atoms with E-state index in [-0.39, 0.29) is 23.9 Å². The van der Waals surface area contributed by atoms with Gasteiger partial charge in [0.05, 0.1) is 12.1 Å². The number of aliphatic hydroxyl groups excluding tert-OH is 1. The van der Waals surface area contributed by atoms with E-state index in [1.165, 1.54) is 18.2 Å². The highest BCUT2D eigenvalue weighted by atomic mass is 35.5. The van der Waals surface area contributed by atoms with Crippen LogP contribution in [0, 0.1) is 5.92 Å². The van der Waals surface area contributed by atoms with Crippen molar-refractivity contribution in [2.24, 2.45) is 11.7 Å². The molecule has 1 aromatic carbocycles.